The van der Waals surface area contributed by atoms with Gasteiger partial charge in [-0.3, -0.25) is 9.69 Å². The van der Waals surface area contributed by atoms with Gasteiger partial charge in [-0.2, -0.15) is 0 Å². The van der Waals surface area contributed by atoms with Crippen LogP contribution in [0.4, 0.5) is 0 Å². The summed E-state index contributed by atoms with van der Waals surface area (Å²) in [5.74, 6) is 0.710. The van der Waals surface area contributed by atoms with Crippen molar-refractivity contribution < 1.29 is 9.90 Å². The molecule has 1 spiro atoms. The second-order valence-electron chi connectivity index (χ2n) is 9.31. The summed E-state index contributed by atoms with van der Waals surface area (Å²) in [7, 11) is 0. The molecular formula is C25H30N2O2. The smallest absolute Gasteiger partial charge is 0.230 e. The van der Waals surface area contributed by atoms with E-state index in [1.807, 2.05) is 18.2 Å². The molecule has 0 bridgehead atoms. The van der Waals surface area contributed by atoms with Crippen LogP contribution >= 0.6 is 0 Å². The average molecular weight is 391 g/mol. The Bertz CT molecular complexity index is 869. The Morgan fingerprint density at radius 3 is 2.45 bits per heavy atom. The Hall–Kier alpha value is -2.33. The van der Waals surface area contributed by atoms with Crippen molar-refractivity contribution in [3.05, 3.63) is 65.7 Å². The van der Waals surface area contributed by atoms with Gasteiger partial charge in [0, 0.05) is 19.1 Å². The van der Waals surface area contributed by atoms with E-state index in [1.165, 1.54) is 24.0 Å². The fourth-order valence-electron chi connectivity index (χ4n) is 5.33. The van der Waals surface area contributed by atoms with Crippen molar-refractivity contribution in [2.45, 2.75) is 50.6 Å². The third-order valence-corrected chi connectivity index (χ3v) is 7.15. The number of hydrogen-bond acceptors (Lipinski definition) is 3. The van der Waals surface area contributed by atoms with Crippen LogP contribution in [0.15, 0.2) is 54.6 Å². The summed E-state index contributed by atoms with van der Waals surface area (Å²) in [4.78, 5) is 18.0. The Morgan fingerprint density at radius 1 is 1.00 bits per heavy atom. The van der Waals surface area contributed by atoms with Gasteiger partial charge in [0.15, 0.2) is 0 Å². The second kappa shape index (κ2) is 7.49. The SMILES string of the molecule is O=C1[C@@H](c2ccccc2)CC2(CCN(Cc3cccc(O)c3)CC2)CN1C1CC1. The minimum absolute atomic E-state index is 0.0168. The largest absolute Gasteiger partial charge is 0.508 e. The number of carbonyl (C=O) groups is 1. The van der Waals surface area contributed by atoms with E-state index in [0.717, 1.165) is 45.4 Å². The van der Waals surface area contributed by atoms with Gasteiger partial charge in [-0.1, -0.05) is 42.5 Å². The van der Waals surface area contributed by atoms with Gasteiger partial charge >= 0.3 is 0 Å². The quantitative estimate of drug-likeness (QED) is 0.853. The van der Waals surface area contributed by atoms with Crippen molar-refractivity contribution in [3.63, 3.8) is 0 Å². The Labute approximate surface area is 173 Å². The van der Waals surface area contributed by atoms with E-state index in [9.17, 15) is 9.90 Å². The molecule has 2 aromatic carbocycles. The van der Waals surface area contributed by atoms with Gasteiger partial charge in [-0.25, -0.2) is 0 Å². The maximum Gasteiger partial charge on any atom is 0.230 e. The third-order valence-electron chi connectivity index (χ3n) is 7.15. The Morgan fingerprint density at radius 2 is 1.76 bits per heavy atom. The molecule has 3 fully saturated rings. The van der Waals surface area contributed by atoms with Crippen molar-refractivity contribution in [1.82, 2.24) is 9.80 Å². The average Bonchev–Trinajstić information content (AvgIpc) is 3.58. The number of benzene rings is 2. The highest BCUT2D eigenvalue weighted by molar-refractivity contribution is 5.85. The first-order valence-electron chi connectivity index (χ1n) is 11.0. The fraction of sp³-hybridized carbons (Fsp3) is 0.480. The summed E-state index contributed by atoms with van der Waals surface area (Å²) in [6.45, 7) is 3.95. The van der Waals surface area contributed by atoms with Gasteiger partial charge in [-0.05, 0) is 73.9 Å². The van der Waals surface area contributed by atoms with E-state index < -0.39 is 0 Å². The molecule has 2 aliphatic heterocycles. The lowest BCUT2D eigenvalue weighted by Gasteiger charge is -2.50. The molecular weight excluding hydrogens is 360 g/mol. The van der Waals surface area contributed by atoms with Crippen LogP contribution in [0.5, 0.6) is 5.75 Å². The van der Waals surface area contributed by atoms with E-state index in [2.05, 4.69) is 40.1 Å². The molecule has 1 saturated carbocycles. The molecule has 2 aromatic rings. The zero-order chi connectivity index (χ0) is 19.8. The summed E-state index contributed by atoms with van der Waals surface area (Å²) in [6, 6.07) is 18.5. The molecule has 4 nitrogen and oxygen atoms in total. The maximum atomic E-state index is 13.3. The highest BCUT2D eigenvalue weighted by Gasteiger charge is 2.49. The number of piperidine rings is 2. The molecule has 4 heteroatoms. The van der Waals surface area contributed by atoms with Crippen molar-refractivity contribution in [2.75, 3.05) is 19.6 Å². The Balaban J connectivity index is 1.31. The molecule has 1 N–H and O–H groups in total. The first-order chi connectivity index (χ1) is 14.1. The molecule has 2 heterocycles. The third kappa shape index (κ3) is 3.91. The van der Waals surface area contributed by atoms with E-state index in [4.69, 9.17) is 0 Å². The zero-order valence-electron chi connectivity index (χ0n) is 17.0. The number of aromatic hydroxyl groups is 1. The van der Waals surface area contributed by atoms with Crippen LogP contribution in [0.1, 0.15) is 49.1 Å². The number of phenolic OH excluding ortho intramolecular Hbond substituents is 1. The van der Waals surface area contributed by atoms with Crippen LogP contribution in [0, 0.1) is 5.41 Å². The number of amides is 1. The van der Waals surface area contributed by atoms with Gasteiger partial charge in [0.2, 0.25) is 5.91 Å². The van der Waals surface area contributed by atoms with E-state index in [0.29, 0.717) is 17.7 Å². The summed E-state index contributed by atoms with van der Waals surface area (Å²) in [5.41, 5.74) is 2.60. The number of rotatable bonds is 4. The van der Waals surface area contributed by atoms with Crippen molar-refractivity contribution in [3.8, 4) is 5.75 Å². The van der Waals surface area contributed by atoms with Crippen LogP contribution in [0.25, 0.3) is 0 Å². The zero-order valence-corrected chi connectivity index (χ0v) is 17.0. The van der Waals surface area contributed by atoms with E-state index >= 15 is 0 Å². The van der Waals surface area contributed by atoms with Gasteiger partial charge in [0.1, 0.15) is 5.75 Å². The van der Waals surface area contributed by atoms with Gasteiger partial charge < -0.3 is 10.0 Å². The maximum absolute atomic E-state index is 13.3. The summed E-state index contributed by atoms with van der Waals surface area (Å²) in [5, 5.41) is 9.73. The molecule has 152 valence electrons. The first kappa shape index (κ1) is 18.7. The summed E-state index contributed by atoms with van der Waals surface area (Å²) >= 11 is 0. The van der Waals surface area contributed by atoms with Crippen LogP contribution < -0.4 is 0 Å². The number of carbonyl (C=O) groups excluding carboxylic acids is 1. The second-order valence-corrected chi connectivity index (χ2v) is 9.31. The first-order valence-corrected chi connectivity index (χ1v) is 11.0. The lowest BCUT2D eigenvalue weighted by Crippen LogP contribution is -2.54. The van der Waals surface area contributed by atoms with Crippen LogP contribution in [0.3, 0.4) is 0 Å². The Kier molecular flexibility index (Phi) is 4.83. The molecule has 0 unspecified atom stereocenters. The molecule has 5 rings (SSSR count). The molecule has 2 saturated heterocycles. The van der Waals surface area contributed by atoms with E-state index in [1.54, 1.807) is 6.07 Å². The highest BCUT2D eigenvalue weighted by Crippen LogP contribution is 2.48. The summed E-state index contributed by atoms with van der Waals surface area (Å²) in [6.07, 6.45) is 5.62. The number of nitrogens with zero attached hydrogens (tertiary/aromatic N) is 2. The summed E-state index contributed by atoms with van der Waals surface area (Å²) < 4.78 is 0. The van der Waals surface area contributed by atoms with Crippen LogP contribution in [0.2, 0.25) is 0 Å². The van der Waals surface area contributed by atoms with E-state index in [-0.39, 0.29) is 11.3 Å². The highest BCUT2D eigenvalue weighted by atomic mass is 16.3. The predicted molar refractivity (Wildman–Crippen MR) is 114 cm³/mol. The topological polar surface area (TPSA) is 43.8 Å². The fourth-order valence-corrected chi connectivity index (χ4v) is 5.33. The van der Waals surface area contributed by atoms with Crippen LogP contribution in [-0.4, -0.2) is 46.5 Å². The number of likely N-dealkylation sites (tertiary alicyclic amines) is 2. The minimum Gasteiger partial charge on any atom is -0.508 e. The minimum atomic E-state index is 0.0168. The number of hydrogen-bond donors (Lipinski definition) is 1. The van der Waals surface area contributed by atoms with Gasteiger partial charge in [0.25, 0.3) is 0 Å². The predicted octanol–water partition coefficient (Wildman–Crippen LogP) is 4.15. The van der Waals surface area contributed by atoms with Gasteiger partial charge in [-0.15, -0.1) is 0 Å². The lowest BCUT2D eigenvalue weighted by molar-refractivity contribution is -0.142. The molecule has 1 atom stereocenters. The molecule has 1 amide bonds. The standard InChI is InChI=1S/C25H30N2O2/c28-22-8-4-5-19(15-22)17-26-13-11-25(12-14-26)16-23(20-6-2-1-3-7-20)24(29)27(18-25)21-9-10-21/h1-8,15,21,23,28H,9-14,16-18H2/t23-/m1/s1. The number of phenols is 1. The van der Waals surface area contributed by atoms with Gasteiger partial charge in [0.05, 0.1) is 5.92 Å². The molecule has 0 radical (unpaired) electrons. The molecule has 29 heavy (non-hydrogen) atoms. The van der Waals surface area contributed by atoms with Crippen molar-refractivity contribution >= 4 is 5.91 Å². The molecule has 3 aliphatic rings. The monoisotopic (exact) mass is 390 g/mol. The molecule has 0 aromatic heterocycles. The lowest BCUT2D eigenvalue weighted by atomic mass is 9.67. The van der Waals surface area contributed by atoms with Crippen molar-refractivity contribution in [2.24, 2.45) is 5.41 Å². The normalized spacial score (nSPS) is 24.8. The molecule has 1 aliphatic carbocycles. The van der Waals surface area contributed by atoms with Crippen molar-refractivity contribution in [1.29, 1.82) is 0 Å². The van der Waals surface area contributed by atoms with Crippen LogP contribution in [-0.2, 0) is 11.3 Å².